The Morgan fingerprint density at radius 2 is 0.932 bits per heavy atom. The molecule has 8 rings (SSSR count). The number of nitro benzene ring substituents is 2. The molecule has 0 atom stereocenters. The summed E-state index contributed by atoms with van der Waals surface area (Å²) in [4.78, 5) is 66.7. The monoisotopic (exact) mass is 1590 g/mol. The molecule has 5 aromatic carbocycles. The summed E-state index contributed by atoms with van der Waals surface area (Å²) in [5, 5.41) is 30.3. The molecule has 34 heteroatoms. The predicted octanol–water partition coefficient (Wildman–Crippen LogP) is 24.3. The summed E-state index contributed by atoms with van der Waals surface area (Å²) in [5.41, 5.74) is 2.96. The highest BCUT2D eigenvalue weighted by molar-refractivity contribution is 6.55. The third-order valence-electron chi connectivity index (χ3n) is 13.1. The number of likely N-dealkylation sites (tertiary alicyclic amines) is 2. The fraction of sp³-hybridized carbons (Fsp3) is 0.507. The number of carbonyl (C=O) groups is 3. The molecular weight excluding hydrogens is 1500 g/mol. The molecule has 0 N–H and O–H groups in total. The molecule has 0 radical (unpaired) electrons. The van der Waals surface area contributed by atoms with Gasteiger partial charge in [0.25, 0.3) is 16.9 Å². The zero-order valence-corrected chi connectivity index (χ0v) is 57.0. The van der Waals surface area contributed by atoms with Gasteiger partial charge in [-0.2, -0.15) is 39.5 Å². The fourth-order valence-corrected chi connectivity index (χ4v) is 9.29. The number of amides is 3. The van der Waals surface area contributed by atoms with Gasteiger partial charge in [-0.3, -0.25) is 44.3 Å². The van der Waals surface area contributed by atoms with Crippen molar-refractivity contribution >= 4 is 98.0 Å². The summed E-state index contributed by atoms with van der Waals surface area (Å²) < 4.78 is 166. The molecule has 0 saturated carbocycles. The SMILES string of the molecule is C.C.C.C.C.C.C.CCC(C(F)(F)F)C(F)(F)F.CCCC(F)(F)F.CCN1C(=O)CCC1=O.CCN1CCCC1=O.CCc1c(Cl)c(Cl)c(Cl)c(Cl)c1Cl.CCc1c(F)c(F)c(F)c(F)c1F.CCc1ccc([N+](=O)[O-])cc1.CCc1cccc([N+](=O)[O-])c1.CCn1nnc2ccccc2c1=O. The molecule has 2 fully saturated rings. The summed E-state index contributed by atoms with van der Waals surface area (Å²) in [5.74, 6) is -12.3. The molecule has 2 aliphatic rings. The molecule has 1 aromatic heterocycles. The largest absolute Gasteiger partial charge is 0.400 e. The van der Waals surface area contributed by atoms with Crippen molar-refractivity contribution in [3.8, 4) is 0 Å². The molecule has 0 unspecified atom stereocenters. The van der Waals surface area contributed by atoms with Crippen LogP contribution in [0.4, 0.5) is 72.8 Å². The lowest BCUT2D eigenvalue weighted by atomic mass is 10.1. The second kappa shape index (κ2) is 54.6. The van der Waals surface area contributed by atoms with Gasteiger partial charge in [0.2, 0.25) is 23.5 Å². The number of hydrogen-bond donors (Lipinski definition) is 0. The zero-order chi connectivity index (χ0) is 74.2. The Labute approximate surface area is 620 Å². The average molecular weight is 1600 g/mol. The minimum Gasteiger partial charge on any atom is -0.343 e. The molecule has 3 heterocycles. The molecule has 0 aliphatic carbocycles. The lowest BCUT2D eigenvalue weighted by Gasteiger charge is -2.20. The van der Waals surface area contributed by atoms with Crippen LogP contribution in [0.1, 0.15) is 181 Å². The van der Waals surface area contributed by atoms with Crippen LogP contribution < -0.4 is 5.56 Å². The summed E-state index contributed by atoms with van der Waals surface area (Å²) in [6.07, 6.45) is -10.9. The van der Waals surface area contributed by atoms with E-state index in [2.05, 4.69) is 10.3 Å². The standard InChI is InChI=1S/C9H9N3O.C8H5Cl5.C8H5F5.2C8H9NO2.C6H9NO2.C6H11NO.C5H6F6.C4H7F3.7CH4/c1-2-12-9(13)7-5-3-4-6-8(7)10-11-12;2*1-2-3-4(9)6(11)8(13)7(12)5(3)10;1-2-7-3-5-8(6-4-7)9(10)11;1-2-7-4-3-5-8(6-7)9(10)11;1-2-7-5(8)3-4-6(7)9;1-2-7-5-3-4-6(7)8;1-2-3(4(6,7)8)5(9,10)11;1-2-3-4(5,6)7;;;;;;;/h3-6H,2H2,1H3;2*2H2,1H3;2*3-6H,2H2,1H3;2-4H2,1H3;2-5H2,1H3;3H,2H2,1H3;2-3H2,1H3;7*1H4. The first-order chi connectivity index (χ1) is 44.7. The Balaban J connectivity index is -0.000000164. The van der Waals surface area contributed by atoms with E-state index >= 15 is 0 Å². The number of aromatic nitrogens is 3. The summed E-state index contributed by atoms with van der Waals surface area (Å²) in [7, 11) is 0. The number of benzene rings is 5. The van der Waals surface area contributed by atoms with Gasteiger partial charge >= 0.3 is 18.5 Å². The minimum absolute atomic E-state index is 0. The van der Waals surface area contributed by atoms with Crippen molar-refractivity contribution in [1.82, 2.24) is 24.8 Å². The molecule has 590 valence electrons. The van der Waals surface area contributed by atoms with Crippen molar-refractivity contribution < 1.29 is 85.7 Å². The third-order valence-corrected chi connectivity index (χ3v) is 15.4. The van der Waals surface area contributed by atoms with Gasteiger partial charge in [-0.1, -0.05) is 193 Å². The number of aryl methyl sites for hydroxylation is 3. The van der Waals surface area contributed by atoms with Crippen LogP contribution in [0.15, 0.2) is 77.6 Å². The second-order valence-corrected chi connectivity index (χ2v) is 21.5. The van der Waals surface area contributed by atoms with E-state index in [0.29, 0.717) is 59.2 Å². The van der Waals surface area contributed by atoms with Crippen LogP contribution in [0.3, 0.4) is 0 Å². The Morgan fingerprint density at radius 3 is 1.24 bits per heavy atom. The third kappa shape index (κ3) is 37.5. The summed E-state index contributed by atoms with van der Waals surface area (Å²) in [6.45, 7) is 18.2. The summed E-state index contributed by atoms with van der Waals surface area (Å²) in [6, 6.07) is 20.5. The Kier molecular flexibility index (Phi) is 59.4. The van der Waals surface area contributed by atoms with E-state index in [1.54, 1.807) is 43.3 Å². The Hall–Kier alpha value is -6.95. The fourth-order valence-electron chi connectivity index (χ4n) is 7.84. The van der Waals surface area contributed by atoms with Gasteiger partial charge in [-0.15, -0.1) is 5.10 Å². The van der Waals surface area contributed by atoms with Crippen LogP contribution in [0, 0.1) is 55.2 Å². The van der Waals surface area contributed by atoms with E-state index in [0.717, 1.165) is 62.4 Å². The Morgan fingerprint density at radius 1 is 0.495 bits per heavy atom. The van der Waals surface area contributed by atoms with Gasteiger partial charge in [0, 0.05) is 81.7 Å². The highest BCUT2D eigenvalue weighted by atomic mass is 35.5. The highest BCUT2D eigenvalue weighted by Crippen LogP contribution is 2.44. The number of imide groups is 1. The van der Waals surface area contributed by atoms with Gasteiger partial charge in [-0.25, -0.2) is 26.6 Å². The molecular formula is C69H98Cl5F14N7O8. The minimum atomic E-state index is -5.17. The molecule has 103 heavy (non-hydrogen) atoms. The van der Waals surface area contributed by atoms with Gasteiger partial charge in [-0.05, 0) is 94.5 Å². The summed E-state index contributed by atoms with van der Waals surface area (Å²) >= 11 is 29.3. The van der Waals surface area contributed by atoms with Crippen molar-refractivity contribution in [2.75, 3.05) is 19.6 Å². The first-order valence-corrected chi connectivity index (χ1v) is 31.2. The predicted molar refractivity (Wildman–Crippen MR) is 388 cm³/mol. The number of nitrogens with zero attached hydrogens (tertiary/aromatic N) is 7. The number of rotatable bonds is 11. The number of alkyl halides is 9. The topological polar surface area (TPSA) is 192 Å². The van der Waals surface area contributed by atoms with E-state index in [1.807, 2.05) is 57.7 Å². The van der Waals surface area contributed by atoms with Gasteiger partial charge in [0.05, 0.1) is 40.3 Å². The lowest BCUT2D eigenvalue weighted by Crippen LogP contribution is -2.35. The highest BCUT2D eigenvalue weighted by Gasteiger charge is 2.55. The molecule has 3 amide bonds. The van der Waals surface area contributed by atoms with E-state index in [4.69, 9.17) is 58.0 Å². The number of non-ortho nitro benzene ring substituents is 2. The number of nitro groups is 2. The molecule has 15 nitrogen and oxygen atoms in total. The van der Waals surface area contributed by atoms with Gasteiger partial charge in [0.1, 0.15) is 11.4 Å². The molecule has 2 aliphatic heterocycles. The number of carbonyl (C=O) groups excluding carboxylic acids is 3. The van der Waals surface area contributed by atoms with Crippen LogP contribution in [-0.2, 0) is 46.6 Å². The number of halogens is 19. The van der Waals surface area contributed by atoms with Crippen LogP contribution in [-0.4, -0.2) is 90.5 Å². The van der Waals surface area contributed by atoms with Gasteiger partial charge in [0.15, 0.2) is 23.3 Å². The van der Waals surface area contributed by atoms with Crippen molar-refractivity contribution in [2.45, 2.75) is 210 Å². The van der Waals surface area contributed by atoms with Gasteiger partial charge < -0.3 is 4.90 Å². The molecule has 2 saturated heterocycles. The average Bonchev–Trinajstić information content (AvgIpc) is 1.70. The molecule has 0 spiro atoms. The number of hydrogen-bond acceptors (Lipinski definition) is 10. The first kappa shape index (κ1) is 112. The van der Waals surface area contributed by atoms with E-state index < -0.39 is 71.9 Å². The normalized spacial score (nSPS) is 11.6. The Bertz CT molecular complexity index is 3400. The smallest absolute Gasteiger partial charge is 0.343 e. The number of fused-ring (bicyclic) bond motifs is 1. The molecule has 6 aromatic rings. The van der Waals surface area contributed by atoms with Crippen LogP contribution >= 0.6 is 58.0 Å². The van der Waals surface area contributed by atoms with E-state index in [1.165, 1.54) is 41.6 Å². The van der Waals surface area contributed by atoms with E-state index in [9.17, 15) is 101 Å². The maximum atomic E-state index is 12.7. The molecule has 0 bridgehead atoms. The second-order valence-electron chi connectivity index (χ2n) is 19.6. The quantitative estimate of drug-likeness (QED) is 0.0301. The maximum Gasteiger partial charge on any atom is 0.400 e. The van der Waals surface area contributed by atoms with Crippen LogP contribution in [0.5, 0.6) is 0 Å². The van der Waals surface area contributed by atoms with Crippen LogP contribution in [0.2, 0.25) is 25.1 Å². The van der Waals surface area contributed by atoms with Crippen molar-refractivity contribution in [1.29, 1.82) is 0 Å². The van der Waals surface area contributed by atoms with Crippen molar-refractivity contribution in [3.05, 3.63) is 180 Å². The van der Waals surface area contributed by atoms with Crippen molar-refractivity contribution in [3.63, 3.8) is 0 Å². The van der Waals surface area contributed by atoms with E-state index in [-0.39, 0.29) is 118 Å². The first-order valence-electron chi connectivity index (χ1n) is 29.3. The zero-order valence-electron chi connectivity index (χ0n) is 53.2. The maximum absolute atomic E-state index is 12.7. The van der Waals surface area contributed by atoms with Crippen molar-refractivity contribution in [2.24, 2.45) is 5.92 Å². The van der Waals surface area contributed by atoms with Crippen LogP contribution in [0.25, 0.3) is 10.9 Å². The lowest BCUT2D eigenvalue weighted by molar-refractivity contribution is -0.385.